The fourth-order valence-electron chi connectivity index (χ4n) is 3.41. The molecule has 0 bridgehead atoms. The number of piperazine rings is 1. The summed E-state index contributed by atoms with van der Waals surface area (Å²) in [6, 6.07) is 7.93. The third-order valence-corrected chi connectivity index (χ3v) is 6.16. The molecule has 168 valence electrons. The maximum atomic E-state index is 12.7. The first-order chi connectivity index (χ1) is 14.5. The summed E-state index contributed by atoms with van der Waals surface area (Å²) in [4.78, 5) is 28.7. The highest BCUT2D eigenvalue weighted by molar-refractivity contribution is 14.1. The molecule has 1 N–H and O–H groups in total. The molecule has 0 unspecified atom stereocenters. The number of rotatable bonds is 4. The second-order valence-electron chi connectivity index (χ2n) is 8.64. The van der Waals surface area contributed by atoms with E-state index in [4.69, 9.17) is 4.74 Å². The lowest BCUT2D eigenvalue weighted by Crippen LogP contribution is -2.49. The smallest absolute Gasteiger partial charge is 0.410 e. The summed E-state index contributed by atoms with van der Waals surface area (Å²) in [5.74, 6) is -0.211. The molecule has 3 rings (SSSR count). The van der Waals surface area contributed by atoms with Gasteiger partial charge in [0.2, 0.25) is 0 Å². The first-order valence-electron chi connectivity index (χ1n) is 10.1. The zero-order valence-electron chi connectivity index (χ0n) is 17.9. The number of nitrogens with zero attached hydrogens (tertiary/aromatic N) is 3. The van der Waals surface area contributed by atoms with Crippen molar-refractivity contribution in [3.63, 3.8) is 0 Å². The van der Waals surface area contributed by atoms with Crippen LogP contribution in [0.15, 0.2) is 35.3 Å². The first-order valence-corrected chi connectivity index (χ1v) is 12.2. The van der Waals surface area contributed by atoms with Gasteiger partial charge in [-0.2, -0.15) is 0 Å². The number of carbonyl (C=O) groups is 1. The van der Waals surface area contributed by atoms with E-state index in [1.54, 1.807) is 17.2 Å². The Morgan fingerprint density at radius 1 is 1.06 bits per heavy atom. The van der Waals surface area contributed by atoms with Crippen LogP contribution in [-0.2, 0) is 17.8 Å². The number of hydrogen-bond acceptors (Lipinski definition) is 5. The van der Waals surface area contributed by atoms with Gasteiger partial charge in [-0.05, 0) is 95.8 Å². The van der Waals surface area contributed by atoms with Gasteiger partial charge in [0.05, 0.1) is 6.54 Å². The first kappa shape index (κ1) is 24.3. The minimum Gasteiger partial charge on any atom is -0.503 e. The van der Waals surface area contributed by atoms with Gasteiger partial charge >= 0.3 is 6.09 Å². The fourth-order valence-corrected chi connectivity index (χ4v) is 5.47. The lowest BCUT2D eigenvalue weighted by molar-refractivity contribution is 0.0138. The van der Waals surface area contributed by atoms with Crippen molar-refractivity contribution in [2.45, 2.75) is 39.5 Å². The normalized spacial score (nSPS) is 15.2. The summed E-state index contributed by atoms with van der Waals surface area (Å²) in [6.07, 6.45) is 1.43. The molecule has 1 saturated heterocycles. The Kier molecular flexibility index (Phi) is 7.90. The van der Waals surface area contributed by atoms with Gasteiger partial charge in [-0.1, -0.05) is 0 Å². The van der Waals surface area contributed by atoms with Gasteiger partial charge in [0.25, 0.3) is 5.56 Å². The van der Waals surface area contributed by atoms with Gasteiger partial charge in [0, 0.05) is 51.6 Å². The van der Waals surface area contributed by atoms with Crippen LogP contribution in [0.25, 0.3) is 0 Å². The Morgan fingerprint density at radius 3 is 2.26 bits per heavy atom. The van der Waals surface area contributed by atoms with E-state index in [0.717, 1.165) is 12.7 Å². The third-order valence-electron chi connectivity index (χ3n) is 4.92. The molecule has 9 heteroatoms. The van der Waals surface area contributed by atoms with E-state index in [-0.39, 0.29) is 11.8 Å². The summed E-state index contributed by atoms with van der Waals surface area (Å²) in [5.41, 5.74) is 0.715. The number of aromatic nitrogens is 1. The zero-order chi connectivity index (χ0) is 22.8. The molecule has 7 nitrogen and oxygen atoms in total. The Morgan fingerprint density at radius 2 is 1.68 bits per heavy atom. The van der Waals surface area contributed by atoms with Crippen LogP contribution in [0, 0.1) is 7.14 Å². The topological polar surface area (TPSA) is 75.0 Å². The van der Waals surface area contributed by atoms with Gasteiger partial charge in [-0.3, -0.25) is 9.69 Å². The van der Waals surface area contributed by atoms with Crippen LogP contribution in [0.2, 0.25) is 0 Å². The average Bonchev–Trinajstić information content (AvgIpc) is 2.66. The second-order valence-corrected chi connectivity index (χ2v) is 11.1. The Hall–Kier alpha value is -1.34. The van der Waals surface area contributed by atoms with Gasteiger partial charge in [-0.25, -0.2) is 4.79 Å². The molecule has 1 aliphatic heterocycles. The number of pyridine rings is 1. The summed E-state index contributed by atoms with van der Waals surface area (Å²) in [5, 5.41) is 10.5. The van der Waals surface area contributed by atoms with Crippen molar-refractivity contribution < 1.29 is 14.6 Å². The summed E-state index contributed by atoms with van der Waals surface area (Å²) in [6.45, 7) is 8.85. The lowest BCUT2D eigenvalue weighted by atomic mass is 10.2. The van der Waals surface area contributed by atoms with Crippen LogP contribution in [0.3, 0.4) is 0 Å². The highest BCUT2D eigenvalue weighted by atomic mass is 127. The van der Waals surface area contributed by atoms with Gasteiger partial charge in [-0.15, -0.1) is 0 Å². The molecule has 2 aromatic rings. The number of benzene rings is 1. The quantitative estimate of drug-likeness (QED) is 0.509. The molecule has 1 aromatic heterocycles. The zero-order valence-corrected chi connectivity index (χ0v) is 22.2. The molecule has 0 atom stereocenters. The third kappa shape index (κ3) is 6.82. The van der Waals surface area contributed by atoms with Crippen molar-refractivity contribution in [1.82, 2.24) is 14.4 Å². The predicted octanol–water partition coefficient (Wildman–Crippen LogP) is 3.86. The molecule has 1 amide bonds. The number of hydrogen-bond donors (Lipinski definition) is 1. The van der Waals surface area contributed by atoms with Crippen LogP contribution in [-0.4, -0.2) is 57.3 Å². The maximum Gasteiger partial charge on any atom is 0.410 e. The van der Waals surface area contributed by atoms with E-state index in [1.807, 2.05) is 32.9 Å². The number of carbonyl (C=O) groups excluding carboxylic acids is 1. The molecular formula is C22H27I2N3O4. The molecule has 31 heavy (non-hydrogen) atoms. The van der Waals surface area contributed by atoms with Crippen molar-refractivity contribution in [3.05, 3.63) is 59.1 Å². The molecule has 0 aliphatic carbocycles. The Labute approximate surface area is 209 Å². The molecule has 0 saturated carbocycles. The summed E-state index contributed by atoms with van der Waals surface area (Å²) in [7, 11) is 0. The summed E-state index contributed by atoms with van der Waals surface area (Å²) < 4.78 is 9.17. The molecule has 1 fully saturated rings. The monoisotopic (exact) mass is 651 g/mol. The molecule has 1 aromatic carbocycles. The van der Waals surface area contributed by atoms with Crippen molar-refractivity contribution in [1.29, 1.82) is 0 Å². The maximum absolute atomic E-state index is 12.7. The van der Waals surface area contributed by atoms with E-state index in [1.165, 1.54) is 4.57 Å². The molecule has 0 spiro atoms. The van der Waals surface area contributed by atoms with Gasteiger partial charge in [0.15, 0.2) is 5.75 Å². The van der Waals surface area contributed by atoms with Crippen molar-refractivity contribution >= 4 is 51.3 Å². The minimum absolute atomic E-state index is 0.211. The van der Waals surface area contributed by atoms with E-state index < -0.39 is 11.2 Å². The van der Waals surface area contributed by atoms with Crippen LogP contribution >= 0.6 is 45.2 Å². The molecule has 1 aliphatic rings. The van der Waals surface area contributed by atoms with Crippen LogP contribution in [0.4, 0.5) is 4.79 Å². The average molecular weight is 651 g/mol. The molecule has 0 radical (unpaired) electrons. The second kappa shape index (κ2) is 10.1. The van der Waals surface area contributed by atoms with Crippen LogP contribution in [0.1, 0.15) is 31.9 Å². The van der Waals surface area contributed by atoms with Crippen molar-refractivity contribution in [3.8, 4) is 5.75 Å². The largest absolute Gasteiger partial charge is 0.503 e. The SMILES string of the molecule is CC(C)(C)OC(=O)N1CCN(Cc2ccn(Cc3cc(I)cc(I)c3)c(=O)c2O)CC1. The van der Waals surface area contributed by atoms with E-state index in [2.05, 4.69) is 56.1 Å². The standard InChI is InChI=1S/C22H27I2N3O4/c1-22(2,3)31-21(30)26-8-6-25(7-9-26)14-16-4-5-27(20(29)19(16)28)13-15-10-17(23)12-18(24)11-15/h4-5,10-12,28H,6-9,13-14H2,1-3H3. The highest BCUT2D eigenvalue weighted by Gasteiger charge is 2.26. The number of halogens is 2. The Balaban J connectivity index is 1.62. The van der Waals surface area contributed by atoms with Crippen LogP contribution in [0.5, 0.6) is 5.75 Å². The minimum atomic E-state index is -0.514. The number of aromatic hydroxyl groups is 1. The number of ether oxygens (including phenoxy) is 1. The van der Waals surface area contributed by atoms with E-state index in [9.17, 15) is 14.7 Å². The van der Waals surface area contributed by atoms with Crippen molar-refractivity contribution in [2.24, 2.45) is 0 Å². The fraction of sp³-hybridized carbons (Fsp3) is 0.455. The number of amides is 1. The van der Waals surface area contributed by atoms with E-state index >= 15 is 0 Å². The van der Waals surface area contributed by atoms with Crippen molar-refractivity contribution in [2.75, 3.05) is 26.2 Å². The van der Waals surface area contributed by atoms with E-state index in [0.29, 0.717) is 44.8 Å². The lowest BCUT2D eigenvalue weighted by Gasteiger charge is -2.35. The Bertz CT molecular complexity index is 989. The van der Waals surface area contributed by atoms with Gasteiger partial charge in [0.1, 0.15) is 5.60 Å². The highest BCUT2D eigenvalue weighted by Crippen LogP contribution is 2.19. The summed E-state index contributed by atoms with van der Waals surface area (Å²) >= 11 is 4.51. The molecule has 2 heterocycles. The molecular weight excluding hydrogens is 624 g/mol. The van der Waals surface area contributed by atoms with Gasteiger partial charge < -0.3 is 19.3 Å². The predicted molar refractivity (Wildman–Crippen MR) is 136 cm³/mol. The van der Waals surface area contributed by atoms with Crippen LogP contribution < -0.4 is 5.56 Å².